The highest BCUT2D eigenvalue weighted by molar-refractivity contribution is 5.85. The van der Waals surface area contributed by atoms with Crippen LogP contribution in [0.3, 0.4) is 0 Å². The first-order chi connectivity index (χ1) is 9.48. The lowest BCUT2D eigenvalue weighted by atomic mass is 9.98. The Bertz CT molecular complexity index is 442. The minimum Gasteiger partial charge on any atom is -0.405 e. The van der Waals surface area contributed by atoms with Gasteiger partial charge < -0.3 is 10.5 Å². The van der Waals surface area contributed by atoms with Gasteiger partial charge in [0, 0.05) is 18.7 Å². The van der Waals surface area contributed by atoms with Crippen LogP contribution in [-0.4, -0.2) is 30.9 Å². The molecule has 0 radical (unpaired) electrons. The molecule has 1 aliphatic rings. The van der Waals surface area contributed by atoms with Crippen molar-refractivity contribution >= 4 is 12.4 Å². The van der Waals surface area contributed by atoms with Crippen LogP contribution >= 0.6 is 12.4 Å². The van der Waals surface area contributed by atoms with Gasteiger partial charge in [0.15, 0.2) is 0 Å². The van der Waals surface area contributed by atoms with E-state index in [0.29, 0.717) is 24.6 Å². The average molecular weight is 325 g/mol. The van der Waals surface area contributed by atoms with Crippen LogP contribution < -0.4 is 10.5 Å². The molecule has 0 saturated carbocycles. The highest BCUT2D eigenvalue weighted by Crippen LogP contribution is 2.28. The summed E-state index contributed by atoms with van der Waals surface area (Å²) in [4.78, 5) is 2.14. The molecule has 2 N–H and O–H groups in total. The first-order valence-electron chi connectivity index (χ1n) is 6.74. The van der Waals surface area contributed by atoms with E-state index in [1.54, 1.807) is 18.2 Å². The molecule has 1 saturated heterocycles. The zero-order chi connectivity index (χ0) is 14.6. The quantitative estimate of drug-likeness (QED) is 0.924. The van der Waals surface area contributed by atoms with Crippen molar-refractivity contribution in [3.8, 4) is 5.75 Å². The van der Waals surface area contributed by atoms with Crippen LogP contribution in [0.4, 0.5) is 13.2 Å². The van der Waals surface area contributed by atoms with Crippen molar-refractivity contribution in [2.24, 2.45) is 11.7 Å². The molecule has 7 heteroatoms. The van der Waals surface area contributed by atoms with Crippen molar-refractivity contribution in [3.63, 3.8) is 0 Å². The summed E-state index contributed by atoms with van der Waals surface area (Å²) in [6.45, 7) is 2.80. The third-order valence-corrected chi connectivity index (χ3v) is 3.53. The standard InChI is InChI=1S/C14H19F3N2O.ClH/c15-14(16,17)20-13-6-2-1-5-12(13)10-19-7-3-4-11(8-18)9-19;/h1-2,5-6,11H,3-4,7-10,18H2;1H. The second kappa shape index (κ2) is 7.87. The van der Waals surface area contributed by atoms with Gasteiger partial charge in [0.2, 0.25) is 0 Å². The van der Waals surface area contributed by atoms with Crippen LogP contribution in [0, 0.1) is 5.92 Å². The van der Waals surface area contributed by atoms with Gasteiger partial charge in [-0.1, -0.05) is 18.2 Å². The number of nitrogens with zero attached hydrogens (tertiary/aromatic N) is 1. The van der Waals surface area contributed by atoms with Gasteiger partial charge in [-0.25, -0.2) is 0 Å². The molecule has 0 bridgehead atoms. The maximum atomic E-state index is 12.4. The van der Waals surface area contributed by atoms with E-state index in [1.165, 1.54) is 6.07 Å². The van der Waals surface area contributed by atoms with Gasteiger partial charge in [-0.2, -0.15) is 0 Å². The summed E-state index contributed by atoms with van der Waals surface area (Å²) in [6.07, 6.45) is -2.53. The molecule has 0 aromatic heterocycles. The second-order valence-electron chi connectivity index (χ2n) is 5.13. The highest BCUT2D eigenvalue weighted by atomic mass is 35.5. The normalized spacial score (nSPS) is 19.9. The molecule has 3 nitrogen and oxygen atoms in total. The molecule has 1 fully saturated rings. The number of hydrogen-bond acceptors (Lipinski definition) is 3. The van der Waals surface area contributed by atoms with Crippen LogP contribution in [0.25, 0.3) is 0 Å². The van der Waals surface area contributed by atoms with Crippen LogP contribution in [0.2, 0.25) is 0 Å². The molecule has 1 aliphatic heterocycles. The number of benzene rings is 1. The topological polar surface area (TPSA) is 38.5 Å². The van der Waals surface area contributed by atoms with Gasteiger partial charge >= 0.3 is 6.36 Å². The van der Waals surface area contributed by atoms with Crippen molar-refractivity contribution in [2.75, 3.05) is 19.6 Å². The van der Waals surface area contributed by atoms with Crippen molar-refractivity contribution < 1.29 is 17.9 Å². The van der Waals surface area contributed by atoms with Crippen molar-refractivity contribution in [1.29, 1.82) is 0 Å². The largest absolute Gasteiger partial charge is 0.573 e. The molecule has 120 valence electrons. The lowest BCUT2D eigenvalue weighted by molar-refractivity contribution is -0.275. The highest BCUT2D eigenvalue weighted by Gasteiger charge is 2.32. The summed E-state index contributed by atoms with van der Waals surface area (Å²) in [5, 5.41) is 0. The maximum absolute atomic E-state index is 12.4. The van der Waals surface area contributed by atoms with E-state index in [1.807, 2.05) is 0 Å². The van der Waals surface area contributed by atoms with E-state index < -0.39 is 6.36 Å². The van der Waals surface area contributed by atoms with Crippen LogP contribution in [-0.2, 0) is 6.54 Å². The Morgan fingerprint density at radius 1 is 1.29 bits per heavy atom. The van der Waals surface area contributed by atoms with E-state index in [2.05, 4.69) is 9.64 Å². The fraction of sp³-hybridized carbons (Fsp3) is 0.571. The van der Waals surface area contributed by atoms with Gasteiger partial charge in [-0.05, 0) is 37.9 Å². The Balaban J connectivity index is 0.00000220. The molecule has 0 aliphatic carbocycles. The molecule has 1 aromatic carbocycles. The van der Waals surface area contributed by atoms with Gasteiger partial charge in [0.05, 0.1) is 0 Å². The number of halogens is 4. The Kier molecular flexibility index (Phi) is 6.77. The van der Waals surface area contributed by atoms with Gasteiger partial charge in [-0.3, -0.25) is 4.90 Å². The number of para-hydroxylation sites is 1. The van der Waals surface area contributed by atoms with E-state index in [9.17, 15) is 13.2 Å². The molecular weight excluding hydrogens is 305 g/mol. The minimum absolute atomic E-state index is 0. The van der Waals surface area contributed by atoms with E-state index in [-0.39, 0.29) is 18.2 Å². The molecule has 2 rings (SSSR count). The molecule has 21 heavy (non-hydrogen) atoms. The number of likely N-dealkylation sites (tertiary alicyclic amines) is 1. The maximum Gasteiger partial charge on any atom is 0.573 e. The Morgan fingerprint density at radius 3 is 2.67 bits per heavy atom. The Labute approximate surface area is 128 Å². The number of alkyl halides is 3. The average Bonchev–Trinajstić information content (AvgIpc) is 2.40. The summed E-state index contributed by atoms with van der Waals surface area (Å²) in [5.41, 5.74) is 6.23. The summed E-state index contributed by atoms with van der Waals surface area (Å²) in [6, 6.07) is 6.30. The van der Waals surface area contributed by atoms with Crippen molar-refractivity contribution in [1.82, 2.24) is 4.90 Å². The third-order valence-electron chi connectivity index (χ3n) is 3.53. The predicted molar refractivity (Wildman–Crippen MR) is 77.4 cm³/mol. The lowest BCUT2D eigenvalue weighted by Gasteiger charge is -2.32. The summed E-state index contributed by atoms with van der Waals surface area (Å²) < 4.78 is 41.2. The summed E-state index contributed by atoms with van der Waals surface area (Å²) in [7, 11) is 0. The molecule has 1 heterocycles. The molecule has 1 aromatic rings. The van der Waals surface area contributed by atoms with Crippen molar-refractivity contribution in [2.45, 2.75) is 25.7 Å². The summed E-state index contributed by atoms with van der Waals surface area (Å²) in [5.74, 6) is 0.314. The Hall–Kier alpha value is -0.980. The van der Waals surface area contributed by atoms with E-state index in [0.717, 1.165) is 25.9 Å². The third kappa shape index (κ3) is 5.73. The van der Waals surface area contributed by atoms with Gasteiger partial charge in [0.25, 0.3) is 0 Å². The Morgan fingerprint density at radius 2 is 2.00 bits per heavy atom. The molecule has 0 spiro atoms. The lowest BCUT2D eigenvalue weighted by Crippen LogP contribution is -2.38. The zero-order valence-electron chi connectivity index (χ0n) is 11.6. The van der Waals surface area contributed by atoms with Crippen LogP contribution in [0.5, 0.6) is 5.75 Å². The SMILES string of the molecule is Cl.NCC1CCCN(Cc2ccccc2OC(F)(F)F)C1. The number of ether oxygens (including phenoxy) is 1. The molecule has 1 atom stereocenters. The second-order valence-corrected chi connectivity index (χ2v) is 5.13. The fourth-order valence-corrected chi connectivity index (χ4v) is 2.59. The van der Waals surface area contributed by atoms with Gasteiger partial charge in [-0.15, -0.1) is 25.6 Å². The zero-order valence-corrected chi connectivity index (χ0v) is 12.4. The fourth-order valence-electron chi connectivity index (χ4n) is 2.59. The van der Waals surface area contributed by atoms with Crippen LogP contribution in [0.1, 0.15) is 18.4 Å². The van der Waals surface area contributed by atoms with Crippen LogP contribution in [0.15, 0.2) is 24.3 Å². The number of rotatable bonds is 4. The van der Waals surface area contributed by atoms with Crippen molar-refractivity contribution in [3.05, 3.63) is 29.8 Å². The first-order valence-corrected chi connectivity index (χ1v) is 6.74. The number of piperidine rings is 1. The first kappa shape index (κ1) is 18.1. The van der Waals surface area contributed by atoms with E-state index >= 15 is 0 Å². The minimum atomic E-state index is -4.65. The smallest absolute Gasteiger partial charge is 0.405 e. The molecule has 0 amide bonds. The summed E-state index contributed by atoms with van der Waals surface area (Å²) >= 11 is 0. The molecular formula is C14H20ClF3N2O. The van der Waals surface area contributed by atoms with Gasteiger partial charge in [0.1, 0.15) is 5.75 Å². The monoisotopic (exact) mass is 324 g/mol. The number of hydrogen-bond donors (Lipinski definition) is 1. The van der Waals surface area contributed by atoms with E-state index in [4.69, 9.17) is 5.73 Å². The number of nitrogens with two attached hydrogens (primary N) is 1. The molecule has 1 unspecified atom stereocenters. The predicted octanol–water partition coefficient (Wildman–Crippen LogP) is 3.18.